The summed E-state index contributed by atoms with van der Waals surface area (Å²) in [5, 5.41) is 8.25. The van der Waals surface area contributed by atoms with Gasteiger partial charge in [0.1, 0.15) is 5.65 Å². The van der Waals surface area contributed by atoms with Crippen molar-refractivity contribution in [1.29, 1.82) is 0 Å². The molecule has 3 aromatic heterocycles. The molecule has 0 amide bonds. The smallest absolute Gasteiger partial charge is 0.164 e. The minimum atomic E-state index is 0.629. The van der Waals surface area contributed by atoms with Gasteiger partial charge in [0.05, 0.1) is 16.7 Å². The van der Waals surface area contributed by atoms with E-state index in [0.29, 0.717) is 17.5 Å². The second-order valence-corrected chi connectivity index (χ2v) is 16.7. The zero-order valence-corrected chi connectivity index (χ0v) is 33.5. The number of benzene rings is 9. The minimum absolute atomic E-state index is 0.629. The Bertz CT molecular complexity index is 3640. The third kappa shape index (κ3) is 5.26. The van der Waals surface area contributed by atoms with Crippen molar-refractivity contribution in [2.24, 2.45) is 0 Å². The molecule has 0 unspecified atom stereocenters. The van der Waals surface area contributed by atoms with E-state index in [4.69, 9.17) is 15.0 Å². The van der Waals surface area contributed by atoms with Gasteiger partial charge in [0.2, 0.25) is 0 Å². The number of para-hydroxylation sites is 3. The fourth-order valence-electron chi connectivity index (χ4n) is 9.42. The molecule has 0 saturated carbocycles. The monoisotopic (exact) mass is 795 g/mol. The normalized spacial score (nSPS) is 12.2. The van der Waals surface area contributed by atoms with Crippen LogP contribution in [-0.2, 0) is 0 Å². The molecule has 61 heavy (non-hydrogen) atoms. The average molecular weight is 796 g/mol. The third-order valence-corrected chi connectivity index (χ3v) is 13.3. The van der Waals surface area contributed by atoms with Gasteiger partial charge in [-0.1, -0.05) is 169 Å². The van der Waals surface area contributed by atoms with Crippen LogP contribution < -0.4 is 0 Å². The third-order valence-electron chi connectivity index (χ3n) is 12.1. The van der Waals surface area contributed by atoms with E-state index in [-0.39, 0.29) is 0 Å². The largest absolute Gasteiger partial charge is 0.295 e. The maximum absolute atomic E-state index is 5.24. The van der Waals surface area contributed by atoms with E-state index >= 15 is 0 Å². The van der Waals surface area contributed by atoms with Crippen LogP contribution in [0.15, 0.2) is 210 Å². The Labute approximate surface area is 355 Å². The summed E-state index contributed by atoms with van der Waals surface area (Å²) in [5.41, 5.74) is 11.0. The van der Waals surface area contributed by atoms with E-state index in [1.807, 2.05) is 11.8 Å². The van der Waals surface area contributed by atoms with Gasteiger partial charge in [-0.3, -0.25) is 9.13 Å². The van der Waals surface area contributed by atoms with Crippen LogP contribution in [0.5, 0.6) is 0 Å². The molecule has 284 valence electrons. The van der Waals surface area contributed by atoms with Crippen LogP contribution in [0.1, 0.15) is 0 Å². The summed E-state index contributed by atoms with van der Waals surface area (Å²) in [4.78, 5) is 18.2. The van der Waals surface area contributed by atoms with E-state index < -0.39 is 0 Å². The van der Waals surface area contributed by atoms with Gasteiger partial charge in [-0.2, -0.15) is 0 Å². The lowest BCUT2D eigenvalue weighted by Gasteiger charge is -2.21. The van der Waals surface area contributed by atoms with Crippen molar-refractivity contribution in [3.63, 3.8) is 0 Å². The summed E-state index contributed by atoms with van der Waals surface area (Å²) in [6.45, 7) is 0. The molecule has 0 aliphatic carbocycles. The molecule has 13 rings (SSSR count). The van der Waals surface area contributed by atoms with Crippen molar-refractivity contribution in [3.05, 3.63) is 200 Å². The molecule has 12 aromatic rings. The molecule has 4 heterocycles. The molecule has 1 aliphatic rings. The molecule has 1 aliphatic heterocycles. The topological polar surface area (TPSA) is 48.5 Å². The maximum Gasteiger partial charge on any atom is 0.164 e. The van der Waals surface area contributed by atoms with Crippen molar-refractivity contribution < 1.29 is 0 Å². The van der Waals surface area contributed by atoms with Gasteiger partial charge < -0.3 is 0 Å². The number of nitrogens with zero attached hydrogens (tertiary/aromatic N) is 5. The Hall–Kier alpha value is -7.80. The summed E-state index contributed by atoms with van der Waals surface area (Å²) < 4.78 is 4.94. The summed E-state index contributed by atoms with van der Waals surface area (Å²) in [6, 6.07) is 71.3. The second kappa shape index (κ2) is 13.4. The van der Waals surface area contributed by atoms with Gasteiger partial charge in [0.25, 0.3) is 0 Å². The summed E-state index contributed by atoms with van der Waals surface area (Å²) in [6.07, 6.45) is 0. The molecule has 0 radical (unpaired) electrons. The Morgan fingerprint density at radius 1 is 0.377 bits per heavy atom. The van der Waals surface area contributed by atoms with E-state index in [2.05, 4.69) is 209 Å². The predicted octanol–water partition coefficient (Wildman–Crippen LogP) is 14.4. The highest BCUT2D eigenvalue weighted by molar-refractivity contribution is 7.99. The Balaban J connectivity index is 1.03. The van der Waals surface area contributed by atoms with E-state index in [9.17, 15) is 0 Å². The van der Waals surface area contributed by atoms with Crippen molar-refractivity contribution in [2.75, 3.05) is 0 Å². The highest BCUT2D eigenvalue weighted by Gasteiger charge is 2.28. The molecule has 0 bridgehead atoms. The Morgan fingerprint density at radius 2 is 0.951 bits per heavy atom. The lowest BCUT2D eigenvalue weighted by atomic mass is 10.0. The van der Waals surface area contributed by atoms with Crippen LogP contribution >= 0.6 is 11.8 Å². The molecule has 0 atom stereocenters. The van der Waals surface area contributed by atoms with Crippen LogP contribution in [0.25, 0.3) is 111 Å². The van der Waals surface area contributed by atoms with E-state index in [0.717, 1.165) is 60.6 Å². The van der Waals surface area contributed by atoms with E-state index in [1.165, 1.54) is 42.8 Å². The minimum Gasteiger partial charge on any atom is -0.295 e. The van der Waals surface area contributed by atoms with Gasteiger partial charge in [-0.25, -0.2) is 15.0 Å². The van der Waals surface area contributed by atoms with Crippen LogP contribution in [0, 0.1) is 0 Å². The molecule has 9 aromatic carbocycles. The van der Waals surface area contributed by atoms with Crippen LogP contribution in [0.4, 0.5) is 0 Å². The second-order valence-electron chi connectivity index (χ2n) is 15.6. The average Bonchev–Trinajstić information content (AvgIpc) is 3.85. The molecule has 5 nitrogen and oxygen atoms in total. The fraction of sp³-hybridized carbons (Fsp3) is 0. The van der Waals surface area contributed by atoms with Crippen molar-refractivity contribution >= 4 is 66.1 Å². The highest BCUT2D eigenvalue weighted by Crippen LogP contribution is 2.50. The molecular weight excluding hydrogens is 763 g/mol. The fourth-order valence-corrected chi connectivity index (χ4v) is 10.5. The van der Waals surface area contributed by atoms with Crippen molar-refractivity contribution in [3.8, 4) is 56.7 Å². The first-order valence-corrected chi connectivity index (χ1v) is 21.3. The quantitative estimate of drug-likeness (QED) is 0.174. The van der Waals surface area contributed by atoms with Gasteiger partial charge in [-0.05, 0) is 75.1 Å². The van der Waals surface area contributed by atoms with Crippen molar-refractivity contribution in [2.45, 2.75) is 9.79 Å². The van der Waals surface area contributed by atoms with Gasteiger partial charge in [0, 0.05) is 48.3 Å². The number of hydrogen-bond acceptors (Lipinski definition) is 4. The first-order valence-electron chi connectivity index (χ1n) is 20.5. The predicted molar refractivity (Wildman–Crippen MR) is 252 cm³/mol. The SMILES string of the molecule is c1ccc(-n2c3cc(-c4cccc(-c5nc(-c6cccc7ccccc67)nc(-c6cccc7ccccc67)n5)c4)ccc3c3c4cccc5c4n(c32)-c2ccccc2S5)cc1. The maximum atomic E-state index is 5.24. The number of fused-ring (bicyclic) bond motifs is 9. The lowest BCUT2D eigenvalue weighted by Crippen LogP contribution is -2.05. The molecule has 6 heteroatoms. The zero-order chi connectivity index (χ0) is 40.0. The van der Waals surface area contributed by atoms with Crippen molar-refractivity contribution in [1.82, 2.24) is 24.1 Å². The summed E-state index contributed by atoms with van der Waals surface area (Å²) >= 11 is 1.86. The first kappa shape index (κ1) is 34.1. The summed E-state index contributed by atoms with van der Waals surface area (Å²) in [7, 11) is 0. The molecule has 0 N–H and O–H groups in total. The number of aromatic nitrogens is 5. The Morgan fingerprint density at radius 3 is 1.72 bits per heavy atom. The zero-order valence-electron chi connectivity index (χ0n) is 32.7. The first-order chi connectivity index (χ1) is 30.2. The standard InChI is InChI=1S/C55H33N5S/c1-2-20-39(21-3-1)59-47-33-37(30-31-44(47)50-45-26-13-29-49-51(45)60(55(50)59)46-27-8-9-28-48(46)61-49)36-18-10-19-38(32-36)52-56-53(42-24-11-16-34-14-4-6-22-40(34)42)58-54(57-52)43-25-12-17-35-15-5-7-23-41(35)43/h1-33H. The van der Waals surface area contributed by atoms with Gasteiger partial charge in [-0.15, -0.1) is 0 Å². The number of rotatable bonds is 5. The van der Waals surface area contributed by atoms with Crippen LogP contribution in [0.2, 0.25) is 0 Å². The lowest BCUT2D eigenvalue weighted by molar-refractivity contribution is 1.03. The highest BCUT2D eigenvalue weighted by atomic mass is 32.2. The van der Waals surface area contributed by atoms with Gasteiger partial charge >= 0.3 is 0 Å². The molecule has 0 saturated heterocycles. The van der Waals surface area contributed by atoms with E-state index in [1.54, 1.807) is 0 Å². The van der Waals surface area contributed by atoms with Crippen LogP contribution in [-0.4, -0.2) is 24.1 Å². The Kier molecular flexibility index (Phi) is 7.47. The summed E-state index contributed by atoms with van der Waals surface area (Å²) in [5.74, 6) is 1.92. The number of hydrogen-bond donors (Lipinski definition) is 0. The molecule has 0 spiro atoms. The van der Waals surface area contributed by atoms with Gasteiger partial charge in [0.15, 0.2) is 17.5 Å². The molecular formula is C55H33N5S. The molecule has 0 fully saturated rings. The van der Waals surface area contributed by atoms with Crippen LogP contribution in [0.3, 0.4) is 0 Å².